The largest absolute Gasteiger partial charge is 0.465 e. The van der Waals surface area contributed by atoms with Gasteiger partial charge in [-0.25, -0.2) is 4.79 Å². The van der Waals surface area contributed by atoms with Crippen LogP contribution in [0.3, 0.4) is 0 Å². The molecule has 1 saturated heterocycles. The van der Waals surface area contributed by atoms with Crippen molar-refractivity contribution in [3.63, 3.8) is 0 Å². The van der Waals surface area contributed by atoms with Gasteiger partial charge in [-0.2, -0.15) is 10.1 Å². The van der Waals surface area contributed by atoms with Crippen LogP contribution in [-0.4, -0.2) is 53.9 Å². The molecule has 0 saturated carbocycles. The van der Waals surface area contributed by atoms with Crippen LogP contribution < -0.4 is 10.3 Å². The summed E-state index contributed by atoms with van der Waals surface area (Å²) in [6, 6.07) is 1.59. The molecule has 0 aliphatic carbocycles. The average molecular weight is 342 g/mol. The van der Waals surface area contributed by atoms with Crippen LogP contribution in [0.1, 0.15) is 12.5 Å². The lowest BCUT2D eigenvalue weighted by molar-refractivity contribution is 0.154. The van der Waals surface area contributed by atoms with Crippen LogP contribution in [0.5, 0.6) is 11.8 Å². The molecule has 3 aromatic heterocycles. The Morgan fingerprint density at radius 2 is 2.28 bits per heavy atom. The molecule has 10 heteroatoms. The van der Waals surface area contributed by atoms with E-state index in [0.29, 0.717) is 36.2 Å². The van der Waals surface area contributed by atoms with Crippen molar-refractivity contribution in [2.24, 2.45) is 0 Å². The zero-order valence-electron chi connectivity index (χ0n) is 13.0. The van der Waals surface area contributed by atoms with Crippen molar-refractivity contribution in [2.45, 2.75) is 12.5 Å². The number of fused-ring (bicyclic) bond motifs is 1. The summed E-state index contributed by atoms with van der Waals surface area (Å²) in [7, 11) is 0. The molecule has 2 N–H and O–H groups in total. The summed E-state index contributed by atoms with van der Waals surface area (Å²) in [6.45, 7) is 0.857. The molecule has 1 amide bonds. The van der Waals surface area contributed by atoms with Crippen molar-refractivity contribution in [1.82, 2.24) is 29.6 Å². The predicted octanol–water partition coefficient (Wildman–Crippen LogP) is 1.23. The van der Waals surface area contributed by atoms with E-state index in [1.54, 1.807) is 16.9 Å². The molecule has 10 nitrogen and oxygen atoms in total. The molecule has 3 aromatic rings. The van der Waals surface area contributed by atoms with Gasteiger partial charge in [0.2, 0.25) is 0 Å². The highest BCUT2D eigenvalue weighted by molar-refractivity contribution is 5.76. The van der Waals surface area contributed by atoms with Crippen molar-refractivity contribution < 1.29 is 14.6 Å². The molecule has 0 spiro atoms. The van der Waals surface area contributed by atoms with Crippen LogP contribution in [0.15, 0.2) is 35.6 Å². The summed E-state index contributed by atoms with van der Waals surface area (Å²) in [5.74, 6) is 0.403. The van der Waals surface area contributed by atoms with Crippen LogP contribution in [0.4, 0.5) is 4.79 Å². The average Bonchev–Trinajstić information content (AvgIpc) is 3.24. The fraction of sp³-hybridized carbons (Fsp3) is 0.267. The van der Waals surface area contributed by atoms with Crippen LogP contribution in [0, 0.1) is 0 Å². The molecule has 0 aromatic carbocycles. The number of rotatable bonds is 3. The molecule has 4 heterocycles. The maximum atomic E-state index is 12.0. The SMILES string of the molecule is O=C(O)N1CC[C@@H](n2cc(Oc3nc4cnccc4c(=O)[nH]3)cn2)C1. The van der Waals surface area contributed by atoms with E-state index in [1.165, 1.54) is 23.5 Å². The minimum absolute atomic E-state index is 0.0405. The first-order chi connectivity index (χ1) is 12.1. The molecule has 1 atom stereocenters. The van der Waals surface area contributed by atoms with Gasteiger partial charge >= 0.3 is 12.1 Å². The van der Waals surface area contributed by atoms with Crippen molar-refractivity contribution >= 4 is 17.0 Å². The first-order valence-corrected chi connectivity index (χ1v) is 7.64. The zero-order valence-corrected chi connectivity index (χ0v) is 13.0. The van der Waals surface area contributed by atoms with Crippen LogP contribution >= 0.6 is 0 Å². The van der Waals surface area contributed by atoms with E-state index in [-0.39, 0.29) is 17.6 Å². The number of amides is 1. The van der Waals surface area contributed by atoms with Gasteiger partial charge in [0.25, 0.3) is 5.56 Å². The van der Waals surface area contributed by atoms with E-state index in [1.807, 2.05) is 0 Å². The number of hydrogen-bond donors (Lipinski definition) is 2. The molecule has 1 aliphatic heterocycles. The second kappa shape index (κ2) is 5.89. The number of hydrogen-bond acceptors (Lipinski definition) is 6. The van der Waals surface area contributed by atoms with Gasteiger partial charge in [0, 0.05) is 19.3 Å². The lowest BCUT2D eigenvalue weighted by atomic mass is 10.3. The van der Waals surface area contributed by atoms with Gasteiger partial charge in [-0.15, -0.1) is 0 Å². The molecule has 0 unspecified atom stereocenters. The molecule has 25 heavy (non-hydrogen) atoms. The maximum absolute atomic E-state index is 12.0. The minimum atomic E-state index is -0.933. The zero-order chi connectivity index (χ0) is 17.4. The molecule has 4 rings (SSSR count). The standard InChI is InChI=1S/C15H14N6O4/c22-13-11-1-3-16-6-12(11)18-14(19-13)25-10-5-17-21(8-10)9-2-4-20(7-9)15(23)24/h1,3,5-6,8-9H,2,4,7H2,(H,23,24)(H,18,19,22)/t9-/m1/s1. The summed E-state index contributed by atoms with van der Waals surface area (Å²) in [4.78, 5) is 35.1. The Balaban J connectivity index is 1.54. The highest BCUT2D eigenvalue weighted by Crippen LogP contribution is 2.24. The van der Waals surface area contributed by atoms with Gasteiger partial charge in [-0.05, 0) is 12.5 Å². The first kappa shape index (κ1) is 15.1. The number of nitrogens with one attached hydrogen (secondary N) is 1. The number of nitrogens with zero attached hydrogens (tertiary/aromatic N) is 5. The number of aromatic nitrogens is 5. The Bertz CT molecular complexity index is 997. The van der Waals surface area contributed by atoms with Crippen molar-refractivity contribution in [1.29, 1.82) is 0 Å². The number of likely N-dealkylation sites (tertiary alicyclic amines) is 1. The normalized spacial score (nSPS) is 17.1. The van der Waals surface area contributed by atoms with Crippen LogP contribution in [0.25, 0.3) is 10.9 Å². The predicted molar refractivity (Wildman–Crippen MR) is 85.7 cm³/mol. The minimum Gasteiger partial charge on any atom is -0.465 e. The van der Waals surface area contributed by atoms with Crippen LogP contribution in [-0.2, 0) is 0 Å². The molecule has 128 valence electrons. The lowest BCUT2D eigenvalue weighted by Gasteiger charge is -2.12. The third kappa shape index (κ3) is 2.89. The lowest BCUT2D eigenvalue weighted by Crippen LogP contribution is -2.27. The van der Waals surface area contributed by atoms with Crippen LogP contribution in [0.2, 0.25) is 0 Å². The number of aromatic amines is 1. The van der Waals surface area contributed by atoms with E-state index >= 15 is 0 Å². The smallest absolute Gasteiger partial charge is 0.407 e. The molecule has 0 bridgehead atoms. The number of ether oxygens (including phenoxy) is 1. The summed E-state index contributed by atoms with van der Waals surface area (Å²) in [6.07, 6.45) is 5.91. The van der Waals surface area contributed by atoms with Gasteiger partial charge in [0.1, 0.15) is 0 Å². The molecular formula is C15H14N6O4. The second-order valence-corrected chi connectivity index (χ2v) is 5.69. The third-order valence-electron chi connectivity index (χ3n) is 4.09. The third-order valence-corrected chi connectivity index (χ3v) is 4.09. The number of carboxylic acid groups (broad SMARTS) is 1. The molecule has 0 radical (unpaired) electrons. The molecule has 1 aliphatic rings. The number of H-pyrrole nitrogens is 1. The van der Waals surface area contributed by atoms with Gasteiger partial charge in [0.15, 0.2) is 5.75 Å². The Labute approximate surface area is 140 Å². The van der Waals surface area contributed by atoms with Crippen molar-refractivity contribution in [2.75, 3.05) is 13.1 Å². The monoisotopic (exact) mass is 342 g/mol. The summed E-state index contributed by atoms with van der Waals surface area (Å²) >= 11 is 0. The second-order valence-electron chi connectivity index (χ2n) is 5.69. The molecule has 1 fully saturated rings. The van der Waals surface area contributed by atoms with Gasteiger partial charge in [0.05, 0.1) is 35.5 Å². The fourth-order valence-electron chi connectivity index (χ4n) is 2.83. The fourth-order valence-corrected chi connectivity index (χ4v) is 2.83. The Kier molecular flexibility index (Phi) is 3.56. The van der Waals surface area contributed by atoms with Gasteiger partial charge < -0.3 is 14.7 Å². The van der Waals surface area contributed by atoms with E-state index in [2.05, 4.69) is 20.1 Å². The highest BCUT2D eigenvalue weighted by atomic mass is 16.5. The first-order valence-electron chi connectivity index (χ1n) is 7.64. The molecular weight excluding hydrogens is 328 g/mol. The Morgan fingerprint density at radius 3 is 3.08 bits per heavy atom. The summed E-state index contributed by atoms with van der Waals surface area (Å²) in [5, 5.41) is 13.7. The number of pyridine rings is 1. The van der Waals surface area contributed by atoms with E-state index < -0.39 is 6.09 Å². The van der Waals surface area contributed by atoms with E-state index in [4.69, 9.17) is 9.84 Å². The van der Waals surface area contributed by atoms with E-state index in [9.17, 15) is 9.59 Å². The Hall–Kier alpha value is -3.43. The van der Waals surface area contributed by atoms with Crippen molar-refractivity contribution in [3.8, 4) is 11.8 Å². The highest BCUT2D eigenvalue weighted by Gasteiger charge is 2.27. The van der Waals surface area contributed by atoms with Gasteiger partial charge in [-0.1, -0.05) is 0 Å². The quantitative estimate of drug-likeness (QED) is 0.733. The number of carbonyl (C=O) groups is 1. The maximum Gasteiger partial charge on any atom is 0.407 e. The topological polar surface area (TPSA) is 126 Å². The summed E-state index contributed by atoms with van der Waals surface area (Å²) < 4.78 is 7.24. The van der Waals surface area contributed by atoms with E-state index in [0.717, 1.165) is 0 Å². The Morgan fingerprint density at radius 1 is 1.40 bits per heavy atom. The van der Waals surface area contributed by atoms with Gasteiger partial charge in [-0.3, -0.25) is 19.4 Å². The summed E-state index contributed by atoms with van der Waals surface area (Å²) in [5.41, 5.74) is 0.115. The van der Waals surface area contributed by atoms with Crippen molar-refractivity contribution in [3.05, 3.63) is 41.2 Å².